The van der Waals surface area contributed by atoms with Crippen molar-refractivity contribution in [2.45, 2.75) is 77.4 Å². The number of rotatable bonds is 7. The maximum Gasteiger partial charge on any atom is 0.324 e. The highest BCUT2D eigenvalue weighted by atomic mass is 16.5. The molecule has 7 heteroatoms. The molecule has 1 aromatic rings. The second kappa shape index (κ2) is 7.72. The number of piperidine rings is 1. The van der Waals surface area contributed by atoms with E-state index in [1.807, 2.05) is 0 Å². The van der Waals surface area contributed by atoms with E-state index in [0.717, 1.165) is 25.7 Å². The lowest BCUT2D eigenvalue weighted by atomic mass is 9.72. The normalized spacial score (nSPS) is 20.8. The van der Waals surface area contributed by atoms with Crippen LogP contribution in [0.2, 0.25) is 0 Å². The van der Waals surface area contributed by atoms with Crippen molar-refractivity contribution in [2.75, 3.05) is 19.5 Å². The van der Waals surface area contributed by atoms with Crippen molar-refractivity contribution < 1.29 is 9.47 Å². The Kier molecular flexibility index (Phi) is 6.08. The highest BCUT2D eigenvalue weighted by Gasteiger charge is 2.40. The van der Waals surface area contributed by atoms with Crippen LogP contribution in [0.15, 0.2) is 0 Å². The maximum atomic E-state index is 5.16. The Hall–Kier alpha value is -1.63. The Bertz CT molecular complexity index is 538. The zero-order chi connectivity index (χ0) is 18.7. The van der Waals surface area contributed by atoms with Crippen molar-refractivity contribution in [1.82, 2.24) is 20.3 Å². The second-order valence-corrected chi connectivity index (χ2v) is 8.23. The molecule has 0 spiro atoms. The summed E-state index contributed by atoms with van der Waals surface area (Å²) in [4.78, 5) is 12.7. The highest BCUT2D eigenvalue weighted by Crippen LogP contribution is 2.36. The van der Waals surface area contributed by atoms with Gasteiger partial charge in [0.2, 0.25) is 5.95 Å². The van der Waals surface area contributed by atoms with Crippen molar-refractivity contribution in [3.63, 3.8) is 0 Å². The number of ether oxygens (including phenoxy) is 2. The SMILES string of the molecule is CCCC(Nc1nc(OC)nc(OC)n1)C1CC(C)(C)NC(C)(C)C1. The summed E-state index contributed by atoms with van der Waals surface area (Å²) in [5, 5.41) is 7.27. The van der Waals surface area contributed by atoms with E-state index in [0.29, 0.717) is 17.9 Å². The summed E-state index contributed by atoms with van der Waals surface area (Å²) in [6.07, 6.45) is 4.37. The first-order chi connectivity index (χ1) is 11.7. The van der Waals surface area contributed by atoms with E-state index in [2.05, 4.69) is 60.2 Å². The summed E-state index contributed by atoms with van der Waals surface area (Å²) in [6.45, 7) is 11.3. The van der Waals surface area contributed by atoms with Crippen LogP contribution in [0.1, 0.15) is 60.3 Å². The van der Waals surface area contributed by atoms with Gasteiger partial charge in [-0.05, 0) is 52.9 Å². The number of anilines is 1. The molecule has 1 saturated heterocycles. The predicted octanol–water partition coefficient (Wildman–Crippen LogP) is 3.03. The van der Waals surface area contributed by atoms with Crippen LogP contribution in [0.25, 0.3) is 0 Å². The van der Waals surface area contributed by atoms with Gasteiger partial charge >= 0.3 is 12.0 Å². The van der Waals surface area contributed by atoms with Crippen LogP contribution in [0.4, 0.5) is 5.95 Å². The smallest absolute Gasteiger partial charge is 0.324 e. The number of aromatic nitrogens is 3. The van der Waals surface area contributed by atoms with Gasteiger partial charge in [-0.1, -0.05) is 13.3 Å². The number of hydrogen-bond acceptors (Lipinski definition) is 7. The van der Waals surface area contributed by atoms with Gasteiger partial charge in [0.25, 0.3) is 0 Å². The maximum absolute atomic E-state index is 5.16. The van der Waals surface area contributed by atoms with Gasteiger partial charge in [-0.2, -0.15) is 9.97 Å². The predicted molar refractivity (Wildman–Crippen MR) is 99.3 cm³/mol. The molecule has 2 N–H and O–H groups in total. The summed E-state index contributed by atoms with van der Waals surface area (Å²) in [5.74, 6) is 1.04. The van der Waals surface area contributed by atoms with Crippen LogP contribution in [0.5, 0.6) is 12.0 Å². The van der Waals surface area contributed by atoms with Crippen LogP contribution in [0, 0.1) is 5.92 Å². The molecule has 1 atom stereocenters. The van der Waals surface area contributed by atoms with Gasteiger partial charge in [-0.3, -0.25) is 0 Å². The minimum atomic E-state index is 0.106. The van der Waals surface area contributed by atoms with Crippen LogP contribution >= 0.6 is 0 Å². The molecule has 0 bridgehead atoms. The number of methoxy groups -OCH3 is 2. The molecule has 0 saturated carbocycles. The topological polar surface area (TPSA) is 81.2 Å². The van der Waals surface area contributed by atoms with Gasteiger partial charge < -0.3 is 20.1 Å². The molecular weight excluding hydrogens is 318 g/mol. The summed E-state index contributed by atoms with van der Waals surface area (Å²) in [7, 11) is 3.08. The Morgan fingerprint density at radius 2 is 1.56 bits per heavy atom. The second-order valence-electron chi connectivity index (χ2n) is 8.23. The molecule has 1 aliphatic rings. The minimum absolute atomic E-state index is 0.106. The monoisotopic (exact) mass is 351 g/mol. The molecule has 7 nitrogen and oxygen atoms in total. The number of hydrogen-bond donors (Lipinski definition) is 2. The zero-order valence-electron chi connectivity index (χ0n) is 16.6. The molecule has 2 rings (SSSR count). The van der Waals surface area contributed by atoms with Gasteiger partial charge in [0, 0.05) is 17.1 Å². The first-order valence-electron chi connectivity index (χ1n) is 9.08. The molecule has 25 heavy (non-hydrogen) atoms. The average molecular weight is 351 g/mol. The van der Waals surface area contributed by atoms with Gasteiger partial charge in [0.1, 0.15) is 0 Å². The highest BCUT2D eigenvalue weighted by molar-refractivity contribution is 5.29. The summed E-state index contributed by atoms with van der Waals surface area (Å²) in [5.41, 5.74) is 0.211. The Morgan fingerprint density at radius 1 is 1.04 bits per heavy atom. The Labute approximate surface area is 151 Å². The molecule has 2 heterocycles. The molecule has 1 fully saturated rings. The van der Waals surface area contributed by atoms with Crippen LogP contribution in [0.3, 0.4) is 0 Å². The zero-order valence-corrected chi connectivity index (χ0v) is 16.6. The number of nitrogens with zero attached hydrogens (tertiary/aromatic N) is 3. The van der Waals surface area contributed by atoms with E-state index >= 15 is 0 Å². The summed E-state index contributed by atoms with van der Waals surface area (Å²) in [6, 6.07) is 0.814. The number of nitrogens with one attached hydrogen (secondary N) is 2. The van der Waals surface area contributed by atoms with Crippen molar-refractivity contribution in [1.29, 1.82) is 0 Å². The van der Waals surface area contributed by atoms with E-state index in [1.165, 1.54) is 0 Å². The fourth-order valence-electron chi connectivity index (χ4n) is 4.17. The third kappa shape index (κ3) is 5.42. The molecule has 0 aliphatic carbocycles. The third-order valence-electron chi connectivity index (χ3n) is 4.66. The van der Waals surface area contributed by atoms with Crippen LogP contribution in [-0.4, -0.2) is 46.3 Å². The molecular formula is C18H33N5O2. The fraction of sp³-hybridized carbons (Fsp3) is 0.833. The lowest BCUT2D eigenvalue weighted by Gasteiger charge is -2.48. The molecule has 1 aliphatic heterocycles. The fourth-order valence-corrected chi connectivity index (χ4v) is 4.17. The standard InChI is InChI=1S/C18H33N5O2/c1-8-9-13(12-10-17(2,3)23-18(4,5)11-12)19-14-20-15(24-6)22-16(21-14)25-7/h12-13,23H,8-11H2,1-7H3,(H,19,20,21,22). The van der Waals surface area contributed by atoms with Gasteiger partial charge in [-0.25, -0.2) is 0 Å². The van der Waals surface area contributed by atoms with Crippen LogP contribution in [-0.2, 0) is 0 Å². The Morgan fingerprint density at radius 3 is 2.00 bits per heavy atom. The van der Waals surface area contributed by atoms with Gasteiger partial charge in [-0.15, -0.1) is 4.98 Å². The first-order valence-corrected chi connectivity index (χ1v) is 9.08. The minimum Gasteiger partial charge on any atom is -0.467 e. The molecule has 1 unspecified atom stereocenters. The van der Waals surface area contributed by atoms with E-state index < -0.39 is 0 Å². The van der Waals surface area contributed by atoms with E-state index in [4.69, 9.17) is 9.47 Å². The largest absolute Gasteiger partial charge is 0.467 e. The van der Waals surface area contributed by atoms with Crippen molar-refractivity contribution in [2.24, 2.45) is 5.92 Å². The summed E-state index contributed by atoms with van der Waals surface area (Å²) < 4.78 is 10.3. The molecule has 0 aromatic carbocycles. The molecule has 0 amide bonds. The van der Waals surface area contributed by atoms with Crippen molar-refractivity contribution in [3.05, 3.63) is 0 Å². The van der Waals surface area contributed by atoms with Crippen LogP contribution < -0.4 is 20.1 Å². The quantitative estimate of drug-likeness (QED) is 0.781. The van der Waals surface area contributed by atoms with Gasteiger partial charge in [0.05, 0.1) is 14.2 Å². The van der Waals surface area contributed by atoms with E-state index in [1.54, 1.807) is 14.2 Å². The average Bonchev–Trinajstić information content (AvgIpc) is 2.51. The molecule has 1 aromatic heterocycles. The van der Waals surface area contributed by atoms with Crippen molar-refractivity contribution >= 4 is 5.95 Å². The van der Waals surface area contributed by atoms with Crippen molar-refractivity contribution in [3.8, 4) is 12.0 Å². The first kappa shape index (κ1) is 19.7. The lowest BCUT2D eigenvalue weighted by Crippen LogP contribution is -2.59. The van der Waals surface area contributed by atoms with E-state index in [-0.39, 0.29) is 23.1 Å². The lowest BCUT2D eigenvalue weighted by molar-refractivity contribution is 0.115. The molecule has 0 radical (unpaired) electrons. The van der Waals surface area contributed by atoms with E-state index in [9.17, 15) is 0 Å². The van der Waals surface area contributed by atoms with Gasteiger partial charge in [0.15, 0.2) is 0 Å². The summed E-state index contributed by atoms with van der Waals surface area (Å²) >= 11 is 0. The Balaban J connectivity index is 2.23. The third-order valence-corrected chi connectivity index (χ3v) is 4.66. The molecule has 142 valence electrons.